The predicted molar refractivity (Wildman–Crippen MR) is 116 cm³/mol. The number of rotatable bonds is 10. The smallest absolute Gasteiger partial charge is 0.339 e. The van der Waals surface area contributed by atoms with E-state index in [-0.39, 0.29) is 24.2 Å². The van der Waals surface area contributed by atoms with Crippen molar-refractivity contribution in [1.29, 1.82) is 0 Å². The molecule has 1 amide bonds. The van der Waals surface area contributed by atoms with E-state index in [9.17, 15) is 9.59 Å². The summed E-state index contributed by atoms with van der Waals surface area (Å²) in [5.74, 6) is 0.0606. The molecule has 7 nitrogen and oxygen atoms in total. The molecule has 1 atom stereocenters. The Morgan fingerprint density at radius 2 is 1.87 bits per heavy atom. The van der Waals surface area contributed by atoms with Gasteiger partial charge in [0.15, 0.2) is 0 Å². The Labute approximate surface area is 178 Å². The highest BCUT2D eigenvalue weighted by molar-refractivity contribution is 5.95. The standard InChI is InChI=1S/C23H31N3O4/c1-6-26(7-2)21(17-10-9-11-18(14-17)29-5)15-24-22(27)20-13-12-19(16(4)25-20)23(28)30-8-3/h9-14,21H,6-8,15H2,1-5H3,(H,24,27). The summed E-state index contributed by atoms with van der Waals surface area (Å²) in [7, 11) is 1.64. The van der Waals surface area contributed by atoms with Crippen LogP contribution in [0.5, 0.6) is 5.75 Å². The summed E-state index contributed by atoms with van der Waals surface area (Å²) in [5.41, 5.74) is 2.17. The number of pyridine rings is 1. The first kappa shape index (κ1) is 23.3. The number of carbonyl (C=O) groups is 2. The van der Waals surface area contributed by atoms with Gasteiger partial charge >= 0.3 is 5.97 Å². The van der Waals surface area contributed by atoms with Gasteiger partial charge in [0.1, 0.15) is 11.4 Å². The van der Waals surface area contributed by atoms with E-state index in [1.54, 1.807) is 33.1 Å². The average molecular weight is 414 g/mol. The van der Waals surface area contributed by atoms with Crippen LogP contribution in [0.2, 0.25) is 0 Å². The summed E-state index contributed by atoms with van der Waals surface area (Å²) in [6.45, 7) is 10.0. The lowest BCUT2D eigenvalue weighted by Crippen LogP contribution is -2.38. The summed E-state index contributed by atoms with van der Waals surface area (Å²) < 4.78 is 10.4. The first-order valence-corrected chi connectivity index (χ1v) is 10.3. The maximum atomic E-state index is 12.7. The van der Waals surface area contributed by atoms with E-state index in [2.05, 4.69) is 29.0 Å². The second-order valence-corrected chi connectivity index (χ2v) is 6.77. The van der Waals surface area contributed by atoms with Crippen LogP contribution in [0, 0.1) is 6.92 Å². The fraction of sp³-hybridized carbons (Fsp3) is 0.435. The van der Waals surface area contributed by atoms with E-state index in [1.807, 2.05) is 24.3 Å². The molecule has 0 fully saturated rings. The molecule has 0 bridgehead atoms. The molecule has 1 N–H and O–H groups in total. The second-order valence-electron chi connectivity index (χ2n) is 6.77. The molecular weight excluding hydrogens is 382 g/mol. The number of benzene rings is 1. The fourth-order valence-electron chi connectivity index (χ4n) is 3.36. The lowest BCUT2D eigenvalue weighted by atomic mass is 10.0. The number of hydrogen-bond donors (Lipinski definition) is 1. The topological polar surface area (TPSA) is 80.8 Å². The van der Waals surface area contributed by atoms with E-state index in [0.29, 0.717) is 17.8 Å². The number of carbonyl (C=O) groups excluding carboxylic acids is 2. The zero-order valence-electron chi connectivity index (χ0n) is 18.4. The Kier molecular flexibility index (Phi) is 8.80. The number of nitrogens with one attached hydrogen (secondary N) is 1. The third kappa shape index (κ3) is 5.79. The Hall–Kier alpha value is -2.93. The summed E-state index contributed by atoms with van der Waals surface area (Å²) in [4.78, 5) is 31.2. The van der Waals surface area contributed by atoms with Crippen LogP contribution in [-0.4, -0.2) is 55.1 Å². The van der Waals surface area contributed by atoms with Gasteiger partial charge < -0.3 is 14.8 Å². The lowest BCUT2D eigenvalue weighted by Gasteiger charge is -2.30. The Balaban J connectivity index is 2.17. The van der Waals surface area contributed by atoms with Crippen LogP contribution in [0.25, 0.3) is 0 Å². The van der Waals surface area contributed by atoms with Crippen molar-refractivity contribution in [2.45, 2.75) is 33.7 Å². The molecule has 162 valence electrons. The molecule has 0 saturated heterocycles. The quantitative estimate of drug-likeness (QED) is 0.602. The molecule has 1 heterocycles. The van der Waals surface area contributed by atoms with Crippen LogP contribution in [0.3, 0.4) is 0 Å². The van der Waals surface area contributed by atoms with Crippen LogP contribution in [-0.2, 0) is 4.74 Å². The minimum Gasteiger partial charge on any atom is -0.497 e. The van der Waals surface area contributed by atoms with Crippen molar-refractivity contribution in [3.8, 4) is 5.75 Å². The van der Waals surface area contributed by atoms with Crippen LogP contribution in [0.15, 0.2) is 36.4 Å². The summed E-state index contributed by atoms with van der Waals surface area (Å²) in [6.07, 6.45) is 0. The van der Waals surface area contributed by atoms with Gasteiger partial charge in [0.2, 0.25) is 0 Å². The number of esters is 1. The highest BCUT2D eigenvalue weighted by Gasteiger charge is 2.21. The number of likely N-dealkylation sites (N-methyl/N-ethyl adjacent to an activating group) is 1. The summed E-state index contributed by atoms with van der Waals surface area (Å²) in [6, 6.07) is 11.0. The number of methoxy groups -OCH3 is 1. The SMILES string of the molecule is CCOC(=O)c1ccc(C(=O)NCC(c2cccc(OC)c2)N(CC)CC)nc1C. The van der Waals surface area contributed by atoms with E-state index in [4.69, 9.17) is 9.47 Å². The van der Waals surface area contributed by atoms with E-state index in [1.165, 1.54) is 0 Å². The third-order valence-corrected chi connectivity index (χ3v) is 5.00. The number of nitrogens with zero attached hydrogens (tertiary/aromatic N) is 2. The second kappa shape index (κ2) is 11.3. The highest BCUT2D eigenvalue weighted by Crippen LogP contribution is 2.24. The van der Waals surface area contributed by atoms with Crippen LogP contribution in [0.4, 0.5) is 0 Å². The molecule has 0 aliphatic heterocycles. The largest absolute Gasteiger partial charge is 0.497 e. The van der Waals surface area contributed by atoms with Crippen LogP contribution in [0.1, 0.15) is 58.9 Å². The highest BCUT2D eigenvalue weighted by atomic mass is 16.5. The number of ether oxygens (including phenoxy) is 2. The Bertz CT molecular complexity index is 865. The molecule has 7 heteroatoms. The zero-order valence-corrected chi connectivity index (χ0v) is 18.4. The van der Waals surface area contributed by atoms with Gasteiger partial charge in [-0.2, -0.15) is 0 Å². The van der Waals surface area contributed by atoms with Crippen molar-refractivity contribution < 1.29 is 19.1 Å². The van der Waals surface area contributed by atoms with Crippen molar-refractivity contribution in [2.75, 3.05) is 33.4 Å². The molecule has 1 unspecified atom stereocenters. The van der Waals surface area contributed by atoms with Gasteiger partial charge in [-0.25, -0.2) is 9.78 Å². The van der Waals surface area contributed by atoms with Crippen molar-refractivity contribution in [2.24, 2.45) is 0 Å². The third-order valence-electron chi connectivity index (χ3n) is 5.00. The molecule has 2 aromatic rings. The molecule has 0 radical (unpaired) electrons. The normalized spacial score (nSPS) is 11.8. The van der Waals surface area contributed by atoms with E-state index >= 15 is 0 Å². The number of aryl methyl sites for hydroxylation is 1. The van der Waals surface area contributed by atoms with Gasteiger partial charge in [0.25, 0.3) is 5.91 Å². The van der Waals surface area contributed by atoms with Gasteiger partial charge in [-0.05, 0) is 56.8 Å². The van der Waals surface area contributed by atoms with Crippen LogP contribution >= 0.6 is 0 Å². The Morgan fingerprint density at radius 3 is 2.47 bits per heavy atom. The average Bonchev–Trinajstić information content (AvgIpc) is 2.76. The molecule has 30 heavy (non-hydrogen) atoms. The van der Waals surface area contributed by atoms with E-state index < -0.39 is 5.97 Å². The molecule has 0 spiro atoms. The van der Waals surface area contributed by atoms with Gasteiger partial charge in [0.05, 0.1) is 31.0 Å². The first-order valence-electron chi connectivity index (χ1n) is 10.3. The van der Waals surface area contributed by atoms with Gasteiger partial charge in [0, 0.05) is 6.54 Å². The van der Waals surface area contributed by atoms with E-state index in [0.717, 1.165) is 24.4 Å². The molecule has 0 aliphatic carbocycles. The minimum absolute atomic E-state index is 0.000970. The van der Waals surface area contributed by atoms with Crippen molar-refractivity contribution in [1.82, 2.24) is 15.2 Å². The minimum atomic E-state index is -0.436. The zero-order chi connectivity index (χ0) is 22.1. The lowest BCUT2D eigenvalue weighted by molar-refractivity contribution is 0.0524. The van der Waals surface area contributed by atoms with Gasteiger partial charge in [-0.3, -0.25) is 9.69 Å². The maximum absolute atomic E-state index is 12.7. The van der Waals surface area contributed by atoms with Gasteiger partial charge in [-0.1, -0.05) is 26.0 Å². The molecular formula is C23H31N3O4. The molecule has 1 aromatic heterocycles. The Morgan fingerprint density at radius 1 is 1.13 bits per heavy atom. The number of hydrogen-bond acceptors (Lipinski definition) is 6. The van der Waals surface area contributed by atoms with Crippen LogP contribution < -0.4 is 10.1 Å². The van der Waals surface area contributed by atoms with Crippen molar-refractivity contribution >= 4 is 11.9 Å². The summed E-state index contributed by atoms with van der Waals surface area (Å²) >= 11 is 0. The number of amides is 1. The number of aromatic nitrogens is 1. The molecule has 0 saturated carbocycles. The first-order chi connectivity index (χ1) is 14.4. The van der Waals surface area contributed by atoms with Gasteiger partial charge in [-0.15, -0.1) is 0 Å². The molecule has 2 rings (SSSR count). The predicted octanol–water partition coefficient (Wildman–Crippen LogP) is 3.39. The van der Waals surface area contributed by atoms with Crippen molar-refractivity contribution in [3.63, 3.8) is 0 Å². The summed E-state index contributed by atoms with van der Waals surface area (Å²) in [5, 5.41) is 2.99. The fourth-order valence-corrected chi connectivity index (χ4v) is 3.36. The monoisotopic (exact) mass is 413 g/mol. The molecule has 1 aromatic carbocycles. The van der Waals surface area contributed by atoms with Crippen molar-refractivity contribution in [3.05, 3.63) is 58.9 Å². The molecule has 0 aliphatic rings. The maximum Gasteiger partial charge on any atom is 0.339 e.